The van der Waals surface area contributed by atoms with Crippen LogP contribution in [-0.2, 0) is 0 Å². The summed E-state index contributed by atoms with van der Waals surface area (Å²) in [6, 6.07) is 11.5. The van der Waals surface area contributed by atoms with Crippen LogP contribution in [0.2, 0.25) is 5.02 Å². The highest BCUT2D eigenvalue weighted by atomic mass is 35.5. The third-order valence-corrected chi connectivity index (χ3v) is 3.58. The molecular formula is C18H13ClF2N4O. The Hall–Kier alpha value is -3.06. The fourth-order valence-electron chi connectivity index (χ4n) is 2.23. The molecular weight excluding hydrogens is 362 g/mol. The minimum absolute atomic E-state index is 0.113. The zero-order valence-corrected chi connectivity index (χ0v) is 14.3. The molecule has 132 valence electrons. The van der Waals surface area contributed by atoms with Crippen LogP contribution in [0, 0.1) is 18.6 Å². The second kappa shape index (κ2) is 7.45. The van der Waals surface area contributed by atoms with Crippen LogP contribution in [0.15, 0.2) is 48.5 Å². The summed E-state index contributed by atoms with van der Waals surface area (Å²) in [5, 5.41) is 5.99. The van der Waals surface area contributed by atoms with Gasteiger partial charge >= 0.3 is 0 Å². The van der Waals surface area contributed by atoms with E-state index in [2.05, 4.69) is 20.6 Å². The van der Waals surface area contributed by atoms with Crippen molar-refractivity contribution in [3.05, 3.63) is 76.7 Å². The molecule has 0 fully saturated rings. The molecule has 0 bridgehead atoms. The van der Waals surface area contributed by atoms with Crippen molar-refractivity contribution in [1.29, 1.82) is 0 Å². The number of hydrogen-bond acceptors (Lipinski definition) is 4. The van der Waals surface area contributed by atoms with Crippen molar-refractivity contribution in [1.82, 2.24) is 9.97 Å². The fraction of sp³-hybridized carbons (Fsp3) is 0.0556. The largest absolute Gasteiger partial charge is 0.340 e. The molecule has 1 heterocycles. The summed E-state index contributed by atoms with van der Waals surface area (Å²) in [7, 11) is 0. The van der Waals surface area contributed by atoms with Gasteiger partial charge in [-0.15, -0.1) is 0 Å². The van der Waals surface area contributed by atoms with Crippen molar-refractivity contribution in [2.45, 2.75) is 6.92 Å². The number of anilines is 3. The maximum Gasteiger partial charge on any atom is 0.274 e. The monoisotopic (exact) mass is 374 g/mol. The third kappa shape index (κ3) is 4.31. The Morgan fingerprint density at radius 1 is 1.00 bits per heavy atom. The average molecular weight is 375 g/mol. The van der Waals surface area contributed by atoms with Crippen molar-refractivity contribution in [3.63, 3.8) is 0 Å². The summed E-state index contributed by atoms with van der Waals surface area (Å²) in [6.45, 7) is 1.62. The van der Waals surface area contributed by atoms with Gasteiger partial charge in [-0.05, 0) is 37.3 Å². The molecule has 0 spiro atoms. The number of aromatic nitrogens is 2. The van der Waals surface area contributed by atoms with Gasteiger partial charge in [-0.2, -0.15) is 0 Å². The molecule has 0 saturated heterocycles. The number of halogens is 3. The van der Waals surface area contributed by atoms with Crippen LogP contribution in [0.4, 0.5) is 26.0 Å². The van der Waals surface area contributed by atoms with Gasteiger partial charge in [0.25, 0.3) is 5.91 Å². The Morgan fingerprint density at radius 2 is 1.81 bits per heavy atom. The first kappa shape index (κ1) is 17.8. The zero-order valence-electron chi connectivity index (χ0n) is 13.6. The molecule has 0 atom stereocenters. The Kier molecular flexibility index (Phi) is 5.09. The second-order valence-electron chi connectivity index (χ2n) is 5.40. The van der Waals surface area contributed by atoms with E-state index in [4.69, 9.17) is 11.6 Å². The predicted octanol–water partition coefficient (Wildman–Crippen LogP) is 4.71. The van der Waals surface area contributed by atoms with Crippen molar-refractivity contribution in [2.75, 3.05) is 10.6 Å². The molecule has 26 heavy (non-hydrogen) atoms. The average Bonchev–Trinajstić information content (AvgIpc) is 2.58. The van der Waals surface area contributed by atoms with Gasteiger partial charge in [-0.25, -0.2) is 18.7 Å². The molecule has 3 aromatic rings. The van der Waals surface area contributed by atoms with Gasteiger partial charge in [0.15, 0.2) is 11.6 Å². The van der Waals surface area contributed by atoms with E-state index in [1.54, 1.807) is 31.2 Å². The maximum atomic E-state index is 13.3. The fourth-order valence-corrected chi connectivity index (χ4v) is 2.42. The lowest BCUT2D eigenvalue weighted by Gasteiger charge is -2.10. The molecule has 2 aromatic carbocycles. The molecule has 0 aliphatic rings. The molecule has 1 amide bonds. The molecule has 0 radical (unpaired) electrons. The minimum Gasteiger partial charge on any atom is -0.340 e. The van der Waals surface area contributed by atoms with Crippen molar-refractivity contribution in [2.24, 2.45) is 0 Å². The van der Waals surface area contributed by atoms with Crippen molar-refractivity contribution >= 4 is 34.7 Å². The summed E-state index contributed by atoms with van der Waals surface area (Å²) in [4.78, 5) is 20.6. The Balaban J connectivity index is 1.82. The van der Waals surface area contributed by atoms with Gasteiger partial charge in [0.1, 0.15) is 17.3 Å². The Bertz CT molecular complexity index is 981. The van der Waals surface area contributed by atoms with E-state index in [-0.39, 0.29) is 11.5 Å². The van der Waals surface area contributed by atoms with Crippen LogP contribution in [0.25, 0.3) is 0 Å². The van der Waals surface area contributed by atoms with Gasteiger partial charge in [-0.1, -0.05) is 17.7 Å². The quantitative estimate of drug-likeness (QED) is 0.694. The predicted molar refractivity (Wildman–Crippen MR) is 95.8 cm³/mol. The normalized spacial score (nSPS) is 10.5. The Morgan fingerprint density at radius 3 is 2.54 bits per heavy atom. The smallest absolute Gasteiger partial charge is 0.274 e. The molecule has 5 nitrogen and oxygen atoms in total. The molecule has 2 N–H and O–H groups in total. The standard InChI is InChI=1S/C18H13ClF2N4O/c1-10-22-16(18(26)25-12-4-2-3-11(19)7-12)9-17(23-10)24-13-5-6-14(20)15(21)8-13/h2-9H,1H3,(H,25,26)(H,22,23,24). The first-order valence-corrected chi connectivity index (χ1v) is 7.93. The van der Waals surface area contributed by atoms with E-state index in [0.717, 1.165) is 12.1 Å². The minimum atomic E-state index is -0.986. The molecule has 8 heteroatoms. The van der Waals surface area contributed by atoms with Gasteiger partial charge in [-0.3, -0.25) is 4.79 Å². The summed E-state index contributed by atoms with van der Waals surface area (Å²) in [6.07, 6.45) is 0. The van der Waals surface area contributed by atoms with Crippen LogP contribution >= 0.6 is 11.6 Å². The van der Waals surface area contributed by atoms with Gasteiger partial charge < -0.3 is 10.6 Å². The van der Waals surface area contributed by atoms with Crippen LogP contribution in [0.1, 0.15) is 16.3 Å². The topological polar surface area (TPSA) is 66.9 Å². The lowest BCUT2D eigenvalue weighted by Crippen LogP contribution is -2.15. The van der Waals surface area contributed by atoms with Crippen molar-refractivity contribution in [3.8, 4) is 0 Å². The first-order valence-electron chi connectivity index (χ1n) is 7.55. The highest BCUT2D eigenvalue weighted by molar-refractivity contribution is 6.30. The van der Waals surface area contributed by atoms with Crippen LogP contribution in [0.5, 0.6) is 0 Å². The zero-order chi connectivity index (χ0) is 18.7. The highest BCUT2D eigenvalue weighted by Gasteiger charge is 2.12. The lowest BCUT2D eigenvalue weighted by atomic mass is 10.2. The Labute approximate surface area is 153 Å². The molecule has 3 rings (SSSR count). The van der Waals surface area contributed by atoms with E-state index in [1.165, 1.54) is 12.1 Å². The number of hydrogen-bond donors (Lipinski definition) is 2. The molecule has 0 aliphatic carbocycles. The summed E-state index contributed by atoms with van der Waals surface area (Å²) in [5.41, 5.74) is 0.930. The number of rotatable bonds is 4. The van der Waals surface area contributed by atoms with E-state index in [1.807, 2.05) is 0 Å². The van der Waals surface area contributed by atoms with Crippen LogP contribution in [-0.4, -0.2) is 15.9 Å². The number of nitrogens with one attached hydrogen (secondary N) is 2. The molecule has 0 saturated carbocycles. The second-order valence-corrected chi connectivity index (χ2v) is 5.84. The third-order valence-electron chi connectivity index (χ3n) is 3.35. The van der Waals surface area contributed by atoms with E-state index >= 15 is 0 Å². The number of carbonyl (C=O) groups is 1. The van der Waals surface area contributed by atoms with E-state index in [9.17, 15) is 13.6 Å². The van der Waals surface area contributed by atoms with Crippen LogP contribution in [0.3, 0.4) is 0 Å². The first-order chi connectivity index (χ1) is 12.4. The number of amides is 1. The molecule has 0 unspecified atom stereocenters. The van der Waals surface area contributed by atoms with Gasteiger partial charge in [0, 0.05) is 28.5 Å². The molecule has 0 aliphatic heterocycles. The highest BCUT2D eigenvalue weighted by Crippen LogP contribution is 2.19. The maximum absolute atomic E-state index is 13.3. The van der Waals surface area contributed by atoms with E-state index in [0.29, 0.717) is 22.2 Å². The lowest BCUT2D eigenvalue weighted by molar-refractivity contribution is 0.102. The molecule has 1 aromatic heterocycles. The number of nitrogens with zero attached hydrogens (tertiary/aromatic N) is 2. The van der Waals surface area contributed by atoms with Gasteiger partial charge in [0.05, 0.1) is 0 Å². The van der Waals surface area contributed by atoms with Crippen molar-refractivity contribution < 1.29 is 13.6 Å². The number of benzene rings is 2. The van der Waals surface area contributed by atoms with E-state index < -0.39 is 17.5 Å². The summed E-state index contributed by atoms with van der Waals surface area (Å²) >= 11 is 5.89. The summed E-state index contributed by atoms with van der Waals surface area (Å²) in [5.74, 6) is -1.77. The summed E-state index contributed by atoms with van der Waals surface area (Å²) < 4.78 is 26.3. The SMILES string of the molecule is Cc1nc(Nc2ccc(F)c(F)c2)cc(C(=O)Nc2cccc(Cl)c2)n1. The van der Waals surface area contributed by atoms with Crippen LogP contribution < -0.4 is 10.6 Å². The van der Waals surface area contributed by atoms with Gasteiger partial charge in [0.2, 0.25) is 0 Å². The number of aryl methyl sites for hydroxylation is 1. The number of carbonyl (C=O) groups excluding carboxylic acids is 1.